The summed E-state index contributed by atoms with van der Waals surface area (Å²) in [6, 6.07) is 0. The summed E-state index contributed by atoms with van der Waals surface area (Å²) < 4.78 is 22.1. The van der Waals surface area contributed by atoms with Gasteiger partial charge in [0.05, 0.1) is 13.2 Å². The first kappa shape index (κ1) is 45.7. The molecule has 6 atom stereocenters. The Labute approximate surface area is 298 Å². The molecule has 49 heavy (non-hydrogen) atoms. The summed E-state index contributed by atoms with van der Waals surface area (Å²) >= 11 is 0. The molecular weight excluding hydrogens is 628 g/mol. The molecule has 0 aromatic rings. The molecule has 0 aromatic carbocycles. The molecule has 0 radical (unpaired) electrons. The van der Waals surface area contributed by atoms with Crippen molar-refractivity contribution in [3.05, 3.63) is 0 Å². The van der Waals surface area contributed by atoms with Crippen LogP contribution < -0.4 is 0 Å². The van der Waals surface area contributed by atoms with Crippen molar-refractivity contribution >= 4 is 11.9 Å². The average Bonchev–Trinajstić information content (AvgIpc) is 3.10. The van der Waals surface area contributed by atoms with E-state index in [1.807, 2.05) is 0 Å². The maximum Gasteiger partial charge on any atom is 0.306 e. The van der Waals surface area contributed by atoms with E-state index >= 15 is 0 Å². The zero-order chi connectivity index (χ0) is 36.0. The van der Waals surface area contributed by atoms with Crippen LogP contribution in [0.3, 0.4) is 0 Å². The Morgan fingerprint density at radius 3 is 1.39 bits per heavy atom. The SMILES string of the molecule is CCCCCCCCCCCCCCCCC(=O)OC[C@@H](CO[C@H]1O[C@@H](CO)[C@@H](O)C(O)C1O)OC(=O)CCCCCCCCCCCC. The third-order valence-electron chi connectivity index (χ3n) is 9.49. The van der Waals surface area contributed by atoms with Crippen LogP contribution in [0.15, 0.2) is 0 Å². The topological polar surface area (TPSA) is 152 Å². The Kier molecular flexibility index (Phi) is 29.3. The molecule has 0 saturated carbocycles. The molecule has 0 spiro atoms. The molecule has 1 aliphatic heterocycles. The highest BCUT2D eigenvalue weighted by Gasteiger charge is 2.44. The monoisotopic (exact) mass is 703 g/mol. The molecule has 0 bridgehead atoms. The van der Waals surface area contributed by atoms with E-state index in [9.17, 15) is 30.0 Å². The molecule has 4 N–H and O–H groups in total. The van der Waals surface area contributed by atoms with Crippen LogP contribution in [0.25, 0.3) is 0 Å². The average molecular weight is 703 g/mol. The summed E-state index contributed by atoms with van der Waals surface area (Å²) in [4.78, 5) is 25.1. The summed E-state index contributed by atoms with van der Waals surface area (Å²) in [6.45, 7) is 3.41. The molecule has 2 unspecified atom stereocenters. The molecule has 290 valence electrons. The van der Waals surface area contributed by atoms with Crippen molar-refractivity contribution in [2.24, 2.45) is 0 Å². The van der Waals surface area contributed by atoms with Crippen molar-refractivity contribution in [2.75, 3.05) is 19.8 Å². The molecule has 1 saturated heterocycles. The standard InChI is InChI=1S/C39H74O10/c1-3-5-7-9-11-13-15-16-17-18-20-21-23-25-27-34(41)46-30-32(31-47-39-38(45)37(44)36(43)33(29-40)49-39)48-35(42)28-26-24-22-19-14-12-10-8-6-4-2/h32-33,36-40,43-45H,3-31H2,1-2H3/t32-,33-,36+,37?,38?,39-/m0/s1. The van der Waals surface area contributed by atoms with Gasteiger partial charge >= 0.3 is 11.9 Å². The molecule has 10 heteroatoms. The van der Waals surface area contributed by atoms with Gasteiger partial charge in [-0.15, -0.1) is 0 Å². The van der Waals surface area contributed by atoms with Gasteiger partial charge in [0.2, 0.25) is 0 Å². The largest absolute Gasteiger partial charge is 0.462 e. The Hall–Kier alpha value is -1.30. The minimum atomic E-state index is -1.59. The fraction of sp³-hybridized carbons (Fsp3) is 0.949. The van der Waals surface area contributed by atoms with Gasteiger partial charge in [0.25, 0.3) is 0 Å². The third-order valence-corrected chi connectivity index (χ3v) is 9.49. The fourth-order valence-corrected chi connectivity index (χ4v) is 6.25. The number of hydrogen-bond donors (Lipinski definition) is 4. The lowest BCUT2D eigenvalue weighted by Gasteiger charge is -2.39. The van der Waals surface area contributed by atoms with E-state index in [-0.39, 0.29) is 32.0 Å². The zero-order valence-corrected chi connectivity index (χ0v) is 31.2. The smallest absolute Gasteiger partial charge is 0.306 e. The van der Waals surface area contributed by atoms with Crippen LogP contribution in [0.2, 0.25) is 0 Å². The fourth-order valence-electron chi connectivity index (χ4n) is 6.25. The lowest BCUT2D eigenvalue weighted by atomic mass is 9.99. The van der Waals surface area contributed by atoms with Gasteiger partial charge in [0, 0.05) is 12.8 Å². The van der Waals surface area contributed by atoms with Gasteiger partial charge in [-0.25, -0.2) is 0 Å². The van der Waals surface area contributed by atoms with E-state index in [0.29, 0.717) is 6.42 Å². The lowest BCUT2D eigenvalue weighted by Crippen LogP contribution is -2.59. The van der Waals surface area contributed by atoms with E-state index in [4.69, 9.17) is 18.9 Å². The van der Waals surface area contributed by atoms with Crippen molar-refractivity contribution < 1.29 is 49.0 Å². The summed E-state index contributed by atoms with van der Waals surface area (Å²) in [6.07, 6.45) is 21.1. The van der Waals surface area contributed by atoms with Crippen LogP contribution in [0, 0.1) is 0 Å². The van der Waals surface area contributed by atoms with E-state index in [0.717, 1.165) is 38.5 Å². The number of ether oxygens (including phenoxy) is 4. The van der Waals surface area contributed by atoms with Crippen molar-refractivity contribution in [2.45, 2.75) is 218 Å². The number of carbonyl (C=O) groups is 2. The quantitative estimate of drug-likeness (QED) is 0.0401. The minimum Gasteiger partial charge on any atom is -0.462 e. The van der Waals surface area contributed by atoms with Crippen LogP contribution in [-0.2, 0) is 28.5 Å². The normalized spacial score (nSPS) is 21.5. The molecule has 10 nitrogen and oxygen atoms in total. The van der Waals surface area contributed by atoms with Crippen LogP contribution in [-0.4, -0.2) is 89.0 Å². The van der Waals surface area contributed by atoms with E-state index in [1.54, 1.807) is 0 Å². The summed E-state index contributed by atoms with van der Waals surface area (Å²) in [7, 11) is 0. The first-order chi connectivity index (χ1) is 23.8. The molecule has 1 rings (SSSR count). The second kappa shape index (κ2) is 31.4. The van der Waals surface area contributed by atoms with E-state index in [2.05, 4.69) is 13.8 Å². The van der Waals surface area contributed by atoms with Crippen molar-refractivity contribution in [3.63, 3.8) is 0 Å². The van der Waals surface area contributed by atoms with Crippen LogP contribution in [0.4, 0.5) is 0 Å². The number of unbranched alkanes of at least 4 members (excludes halogenated alkanes) is 22. The number of aliphatic hydroxyl groups is 4. The summed E-state index contributed by atoms with van der Waals surface area (Å²) in [5, 5.41) is 39.9. The number of hydrogen-bond acceptors (Lipinski definition) is 10. The lowest BCUT2D eigenvalue weighted by molar-refractivity contribution is -0.305. The summed E-state index contributed by atoms with van der Waals surface area (Å²) in [5.74, 6) is -0.799. The van der Waals surface area contributed by atoms with E-state index in [1.165, 1.54) is 109 Å². The second-order valence-corrected chi connectivity index (χ2v) is 14.1. The molecular formula is C39H74O10. The molecule has 0 aliphatic carbocycles. The maximum absolute atomic E-state index is 12.7. The van der Waals surface area contributed by atoms with Crippen LogP contribution in [0.1, 0.15) is 181 Å². The molecule has 0 aromatic heterocycles. The van der Waals surface area contributed by atoms with Gasteiger partial charge in [0.15, 0.2) is 12.4 Å². The molecule has 0 amide bonds. The highest BCUT2D eigenvalue weighted by Crippen LogP contribution is 2.22. The zero-order valence-electron chi connectivity index (χ0n) is 31.2. The van der Waals surface area contributed by atoms with Crippen molar-refractivity contribution in [1.29, 1.82) is 0 Å². The summed E-state index contributed by atoms with van der Waals surface area (Å²) in [5.41, 5.74) is 0. The molecule has 1 heterocycles. The predicted molar refractivity (Wildman–Crippen MR) is 192 cm³/mol. The first-order valence-corrected chi connectivity index (χ1v) is 20.1. The minimum absolute atomic E-state index is 0.210. The van der Waals surface area contributed by atoms with Gasteiger partial charge < -0.3 is 39.4 Å². The first-order valence-electron chi connectivity index (χ1n) is 20.1. The Bertz CT molecular complexity index is 779. The number of aliphatic hydroxyl groups excluding tert-OH is 4. The van der Waals surface area contributed by atoms with Gasteiger partial charge in [-0.2, -0.15) is 0 Å². The Balaban J connectivity index is 2.36. The molecule has 1 aliphatic rings. The Morgan fingerprint density at radius 1 is 0.551 bits per heavy atom. The van der Waals surface area contributed by atoms with Gasteiger partial charge in [-0.1, -0.05) is 155 Å². The van der Waals surface area contributed by atoms with Gasteiger partial charge in [-0.05, 0) is 12.8 Å². The van der Waals surface area contributed by atoms with Gasteiger partial charge in [0.1, 0.15) is 31.0 Å². The maximum atomic E-state index is 12.7. The Morgan fingerprint density at radius 2 is 0.959 bits per heavy atom. The number of carbonyl (C=O) groups excluding carboxylic acids is 2. The van der Waals surface area contributed by atoms with Gasteiger partial charge in [-0.3, -0.25) is 9.59 Å². The predicted octanol–water partition coefficient (Wildman–Crippen LogP) is 7.44. The van der Waals surface area contributed by atoms with Crippen molar-refractivity contribution in [1.82, 2.24) is 0 Å². The molecule has 1 fully saturated rings. The number of rotatable bonds is 33. The second-order valence-electron chi connectivity index (χ2n) is 14.1. The number of esters is 2. The van der Waals surface area contributed by atoms with E-state index < -0.39 is 49.4 Å². The highest BCUT2D eigenvalue weighted by atomic mass is 16.7. The van der Waals surface area contributed by atoms with Crippen LogP contribution >= 0.6 is 0 Å². The van der Waals surface area contributed by atoms with Crippen LogP contribution in [0.5, 0.6) is 0 Å². The van der Waals surface area contributed by atoms with Crippen molar-refractivity contribution in [3.8, 4) is 0 Å². The highest BCUT2D eigenvalue weighted by molar-refractivity contribution is 5.70. The third kappa shape index (κ3) is 23.7.